The van der Waals surface area contributed by atoms with Crippen molar-refractivity contribution in [3.05, 3.63) is 17.8 Å². The summed E-state index contributed by atoms with van der Waals surface area (Å²) in [7, 11) is 0. The summed E-state index contributed by atoms with van der Waals surface area (Å²) >= 11 is 1.68. The third-order valence-corrected chi connectivity index (χ3v) is 3.98. The molecular formula is C11H14N4S. The molecule has 0 aliphatic heterocycles. The lowest BCUT2D eigenvalue weighted by atomic mass is 9.81. The summed E-state index contributed by atoms with van der Waals surface area (Å²) < 4.78 is 1.14. The van der Waals surface area contributed by atoms with Gasteiger partial charge in [0.2, 0.25) is 0 Å². The van der Waals surface area contributed by atoms with Crippen LogP contribution in [0, 0.1) is 5.92 Å². The minimum atomic E-state index is 0.416. The number of anilines is 1. The van der Waals surface area contributed by atoms with Gasteiger partial charge in [0.15, 0.2) is 0 Å². The molecule has 84 valence electrons. The van der Waals surface area contributed by atoms with Gasteiger partial charge in [-0.15, -0.1) is 11.3 Å². The molecule has 0 atom stereocenters. The van der Waals surface area contributed by atoms with Crippen molar-refractivity contribution in [1.82, 2.24) is 9.97 Å². The molecule has 0 bridgehead atoms. The Labute approximate surface area is 97.9 Å². The van der Waals surface area contributed by atoms with Crippen LogP contribution in [0.25, 0.3) is 10.2 Å². The van der Waals surface area contributed by atoms with Crippen LogP contribution in [0.2, 0.25) is 0 Å². The van der Waals surface area contributed by atoms with E-state index in [2.05, 4.69) is 15.3 Å². The summed E-state index contributed by atoms with van der Waals surface area (Å²) in [4.78, 5) is 8.50. The number of nitrogens with two attached hydrogens (primary N) is 1. The Morgan fingerprint density at radius 3 is 3.12 bits per heavy atom. The second kappa shape index (κ2) is 3.99. The maximum Gasteiger partial charge on any atom is 0.147 e. The zero-order chi connectivity index (χ0) is 11.0. The van der Waals surface area contributed by atoms with Crippen LogP contribution in [-0.2, 0) is 0 Å². The van der Waals surface area contributed by atoms with Crippen molar-refractivity contribution in [2.24, 2.45) is 11.7 Å². The molecule has 1 fully saturated rings. The minimum absolute atomic E-state index is 0.416. The van der Waals surface area contributed by atoms with Gasteiger partial charge in [0, 0.05) is 12.6 Å². The third kappa shape index (κ3) is 1.76. The Kier molecular flexibility index (Phi) is 2.49. The number of hydrogen-bond acceptors (Lipinski definition) is 5. The molecule has 3 rings (SSSR count). The lowest BCUT2D eigenvalue weighted by Gasteiger charge is -2.32. The fourth-order valence-electron chi connectivity index (χ4n) is 2.11. The molecule has 16 heavy (non-hydrogen) atoms. The van der Waals surface area contributed by atoms with Crippen LogP contribution in [0.4, 0.5) is 5.82 Å². The second-order valence-corrected chi connectivity index (χ2v) is 5.25. The molecule has 0 saturated heterocycles. The summed E-state index contributed by atoms with van der Waals surface area (Å²) in [5, 5.41) is 5.45. The largest absolute Gasteiger partial charge is 0.369 e. The van der Waals surface area contributed by atoms with Gasteiger partial charge in [0.1, 0.15) is 12.1 Å². The molecule has 0 aromatic carbocycles. The van der Waals surface area contributed by atoms with Crippen LogP contribution in [0.15, 0.2) is 17.8 Å². The van der Waals surface area contributed by atoms with Gasteiger partial charge in [-0.25, -0.2) is 9.97 Å². The fraction of sp³-hybridized carbons (Fsp3) is 0.455. The molecular weight excluding hydrogens is 220 g/mol. The van der Waals surface area contributed by atoms with Crippen LogP contribution in [0.3, 0.4) is 0 Å². The Morgan fingerprint density at radius 2 is 2.31 bits per heavy atom. The number of fused-ring (bicyclic) bond motifs is 1. The van der Waals surface area contributed by atoms with Crippen LogP contribution >= 0.6 is 11.3 Å². The highest BCUT2D eigenvalue weighted by Gasteiger charge is 2.25. The molecule has 0 unspecified atom stereocenters. The summed E-state index contributed by atoms with van der Waals surface area (Å²) in [5.74, 6) is 1.67. The van der Waals surface area contributed by atoms with E-state index < -0.39 is 0 Å². The number of hydrogen-bond donors (Lipinski definition) is 2. The van der Waals surface area contributed by atoms with Gasteiger partial charge in [-0.3, -0.25) is 0 Å². The van der Waals surface area contributed by atoms with E-state index >= 15 is 0 Å². The van der Waals surface area contributed by atoms with Crippen molar-refractivity contribution in [3.63, 3.8) is 0 Å². The Hall–Kier alpha value is -1.20. The summed E-state index contributed by atoms with van der Waals surface area (Å²) in [5.41, 5.74) is 6.78. The molecule has 2 heterocycles. The lowest BCUT2D eigenvalue weighted by Crippen LogP contribution is -2.39. The smallest absolute Gasteiger partial charge is 0.147 e. The first kappa shape index (κ1) is 9.99. The first-order valence-corrected chi connectivity index (χ1v) is 6.38. The van der Waals surface area contributed by atoms with Gasteiger partial charge in [-0.1, -0.05) is 0 Å². The average molecular weight is 234 g/mol. The zero-order valence-electron chi connectivity index (χ0n) is 8.89. The second-order valence-electron chi connectivity index (χ2n) is 4.34. The Balaban J connectivity index is 1.71. The van der Waals surface area contributed by atoms with Crippen LogP contribution in [0.1, 0.15) is 12.8 Å². The van der Waals surface area contributed by atoms with Crippen molar-refractivity contribution in [3.8, 4) is 0 Å². The maximum absolute atomic E-state index is 5.76. The monoisotopic (exact) mass is 234 g/mol. The van der Waals surface area contributed by atoms with Crippen molar-refractivity contribution in [1.29, 1.82) is 0 Å². The minimum Gasteiger partial charge on any atom is -0.369 e. The normalized spacial score (nSPS) is 24.3. The van der Waals surface area contributed by atoms with Crippen molar-refractivity contribution < 1.29 is 0 Å². The van der Waals surface area contributed by atoms with Crippen LogP contribution < -0.4 is 11.1 Å². The lowest BCUT2D eigenvalue weighted by molar-refractivity contribution is 0.280. The van der Waals surface area contributed by atoms with Crippen molar-refractivity contribution in [2.45, 2.75) is 18.9 Å². The third-order valence-electron chi connectivity index (χ3n) is 3.07. The Bertz CT molecular complexity index is 489. The zero-order valence-corrected chi connectivity index (χ0v) is 9.70. The van der Waals surface area contributed by atoms with E-state index in [4.69, 9.17) is 5.73 Å². The molecule has 3 N–H and O–H groups in total. The number of nitrogens with one attached hydrogen (secondary N) is 1. The van der Waals surface area contributed by atoms with Crippen LogP contribution in [0.5, 0.6) is 0 Å². The summed E-state index contributed by atoms with van der Waals surface area (Å²) in [6, 6.07) is 2.44. The first-order valence-electron chi connectivity index (χ1n) is 5.50. The topological polar surface area (TPSA) is 63.8 Å². The number of nitrogens with zero attached hydrogens (tertiary/aromatic N) is 2. The summed E-state index contributed by atoms with van der Waals surface area (Å²) in [6.45, 7) is 0.970. The highest BCUT2D eigenvalue weighted by atomic mass is 32.1. The van der Waals surface area contributed by atoms with Gasteiger partial charge in [0.25, 0.3) is 0 Å². The van der Waals surface area contributed by atoms with E-state index in [9.17, 15) is 0 Å². The van der Waals surface area contributed by atoms with Crippen molar-refractivity contribution >= 4 is 27.4 Å². The van der Waals surface area contributed by atoms with E-state index in [1.165, 1.54) is 0 Å². The molecule has 0 radical (unpaired) electrons. The molecule has 1 saturated carbocycles. The van der Waals surface area contributed by atoms with Gasteiger partial charge < -0.3 is 11.1 Å². The molecule has 0 spiro atoms. The van der Waals surface area contributed by atoms with E-state index in [-0.39, 0.29) is 0 Å². The Morgan fingerprint density at radius 1 is 1.44 bits per heavy atom. The molecule has 5 heteroatoms. The van der Waals surface area contributed by atoms with Gasteiger partial charge in [-0.2, -0.15) is 0 Å². The quantitative estimate of drug-likeness (QED) is 0.850. The van der Waals surface area contributed by atoms with Gasteiger partial charge in [-0.05, 0) is 30.2 Å². The van der Waals surface area contributed by atoms with E-state index in [1.807, 2.05) is 11.4 Å². The molecule has 4 nitrogen and oxygen atoms in total. The van der Waals surface area contributed by atoms with Crippen molar-refractivity contribution in [2.75, 3.05) is 11.9 Å². The van der Waals surface area contributed by atoms with E-state index in [1.54, 1.807) is 17.7 Å². The van der Waals surface area contributed by atoms with E-state index in [0.717, 1.165) is 35.4 Å². The number of rotatable bonds is 3. The average Bonchev–Trinajstić information content (AvgIpc) is 2.71. The van der Waals surface area contributed by atoms with Crippen LogP contribution in [-0.4, -0.2) is 22.6 Å². The fourth-order valence-corrected chi connectivity index (χ4v) is 2.92. The highest BCUT2D eigenvalue weighted by molar-refractivity contribution is 7.17. The SMILES string of the molecule is NC1CC(CNc2ncnc3ccsc23)C1. The summed E-state index contributed by atoms with van der Waals surface area (Å²) in [6.07, 6.45) is 3.88. The van der Waals surface area contributed by atoms with Gasteiger partial charge >= 0.3 is 0 Å². The number of aromatic nitrogens is 2. The molecule has 2 aromatic rings. The first-order chi connectivity index (χ1) is 7.83. The standard InChI is InChI=1S/C11H14N4S/c12-8-3-7(4-8)5-13-11-10-9(1-2-16-10)14-6-15-11/h1-2,6-8H,3-5,12H2,(H,13,14,15). The molecule has 1 aliphatic rings. The molecule has 1 aliphatic carbocycles. The highest BCUT2D eigenvalue weighted by Crippen LogP contribution is 2.28. The molecule has 2 aromatic heterocycles. The predicted molar refractivity (Wildman–Crippen MR) is 66.6 cm³/mol. The van der Waals surface area contributed by atoms with E-state index in [0.29, 0.717) is 12.0 Å². The maximum atomic E-state index is 5.76. The number of thiophene rings is 1. The van der Waals surface area contributed by atoms with Gasteiger partial charge in [0.05, 0.1) is 10.2 Å². The predicted octanol–water partition coefficient (Wildman–Crippen LogP) is 1.84. The molecule has 0 amide bonds.